The molecule has 76 valence electrons. The first-order chi connectivity index (χ1) is 6.45. The molecule has 5 N–H and O–H groups in total. The number of phenols is 2. The first-order valence-corrected chi connectivity index (χ1v) is 4.43. The molecule has 1 aromatic carbocycles. The Kier molecular flexibility index (Phi) is 2.97. The van der Waals surface area contributed by atoms with Gasteiger partial charge in [-0.05, 0) is 22.0 Å². The number of carboxylic acid groups (broad SMARTS) is 1. The third kappa shape index (κ3) is 1.80. The Morgan fingerprint density at radius 3 is 2.43 bits per heavy atom. The van der Waals surface area contributed by atoms with Gasteiger partial charge >= 0.3 is 5.97 Å². The highest BCUT2D eigenvalue weighted by molar-refractivity contribution is 9.10. The molecular weight excluding hydrogens is 254 g/mol. The van der Waals surface area contributed by atoms with Crippen molar-refractivity contribution in [2.45, 2.75) is 6.04 Å². The zero-order valence-electron chi connectivity index (χ0n) is 6.94. The van der Waals surface area contributed by atoms with Crippen molar-refractivity contribution in [2.24, 2.45) is 5.73 Å². The maximum Gasteiger partial charge on any atom is 0.325 e. The van der Waals surface area contributed by atoms with Crippen LogP contribution in [0.25, 0.3) is 0 Å². The first-order valence-electron chi connectivity index (χ1n) is 3.64. The maximum atomic E-state index is 10.5. The van der Waals surface area contributed by atoms with Crippen molar-refractivity contribution in [3.63, 3.8) is 0 Å². The summed E-state index contributed by atoms with van der Waals surface area (Å²) in [6.45, 7) is 0. The van der Waals surface area contributed by atoms with E-state index in [0.29, 0.717) is 0 Å². The fraction of sp³-hybridized carbons (Fsp3) is 0.125. The van der Waals surface area contributed by atoms with Crippen LogP contribution in [0.1, 0.15) is 11.6 Å². The molecule has 0 spiro atoms. The summed E-state index contributed by atoms with van der Waals surface area (Å²) < 4.78 is 0.274. The third-order valence-electron chi connectivity index (χ3n) is 1.73. The molecule has 0 saturated heterocycles. The summed E-state index contributed by atoms with van der Waals surface area (Å²) in [6, 6.07) is 1.39. The van der Waals surface area contributed by atoms with Gasteiger partial charge < -0.3 is 21.1 Å². The lowest BCUT2D eigenvalue weighted by atomic mass is 10.1. The van der Waals surface area contributed by atoms with Crippen LogP contribution in [0, 0.1) is 0 Å². The van der Waals surface area contributed by atoms with Gasteiger partial charge in [-0.2, -0.15) is 0 Å². The summed E-state index contributed by atoms with van der Waals surface area (Å²) in [5.41, 5.74) is 5.24. The van der Waals surface area contributed by atoms with E-state index in [1.54, 1.807) is 0 Å². The lowest BCUT2D eigenvalue weighted by Crippen LogP contribution is -2.20. The smallest absolute Gasteiger partial charge is 0.325 e. The number of phenolic OH excluding ortho intramolecular Hbond substituents is 2. The van der Waals surface area contributed by atoms with Crippen LogP contribution in [0.15, 0.2) is 16.6 Å². The average Bonchev–Trinajstić information content (AvgIpc) is 2.13. The van der Waals surface area contributed by atoms with Gasteiger partial charge in [0.1, 0.15) is 6.04 Å². The number of benzene rings is 1. The number of hydrogen-bond acceptors (Lipinski definition) is 4. The van der Waals surface area contributed by atoms with Crippen molar-refractivity contribution in [1.82, 2.24) is 0 Å². The van der Waals surface area contributed by atoms with Crippen molar-refractivity contribution in [3.8, 4) is 11.5 Å². The van der Waals surface area contributed by atoms with Crippen molar-refractivity contribution in [3.05, 3.63) is 22.2 Å². The minimum Gasteiger partial charge on any atom is -0.504 e. The topological polar surface area (TPSA) is 104 Å². The highest BCUT2D eigenvalue weighted by Gasteiger charge is 2.20. The number of nitrogens with two attached hydrogens (primary N) is 1. The van der Waals surface area contributed by atoms with Gasteiger partial charge in [-0.3, -0.25) is 4.79 Å². The van der Waals surface area contributed by atoms with Gasteiger partial charge in [0.05, 0.1) is 4.47 Å². The number of carbonyl (C=O) groups is 1. The van der Waals surface area contributed by atoms with Crippen LogP contribution in [-0.2, 0) is 4.79 Å². The summed E-state index contributed by atoms with van der Waals surface area (Å²) in [5, 5.41) is 27.2. The van der Waals surface area contributed by atoms with E-state index in [2.05, 4.69) is 15.9 Å². The summed E-state index contributed by atoms with van der Waals surface area (Å²) in [5.74, 6) is -2.21. The first kappa shape index (κ1) is 10.8. The predicted molar refractivity (Wildman–Crippen MR) is 52.0 cm³/mol. The molecule has 0 bridgehead atoms. The molecular formula is C8H8BrNO4. The van der Waals surface area contributed by atoms with Crippen LogP contribution < -0.4 is 5.73 Å². The van der Waals surface area contributed by atoms with Crippen LogP contribution in [0.3, 0.4) is 0 Å². The zero-order chi connectivity index (χ0) is 10.9. The van der Waals surface area contributed by atoms with Crippen LogP contribution in [-0.4, -0.2) is 21.3 Å². The molecule has 5 nitrogen and oxygen atoms in total. The number of carboxylic acids is 1. The van der Waals surface area contributed by atoms with E-state index in [0.717, 1.165) is 0 Å². The quantitative estimate of drug-likeness (QED) is 0.594. The Morgan fingerprint density at radius 1 is 1.36 bits per heavy atom. The number of rotatable bonds is 2. The second-order valence-electron chi connectivity index (χ2n) is 2.65. The number of aromatic hydroxyl groups is 2. The van der Waals surface area contributed by atoms with E-state index < -0.39 is 23.5 Å². The highest BCUT2D eigenvalue weighted by Crippen LogP contribution is 2.38. The molecule has 0 aliphatic heterocycles. The van der Waals surface area contributed by atoms with E-state index in [1.807, 2.05) is 0 Å². The lowest BCUT2D eigenvalue weighted by Gasteiger charge is -2.10. The molecule has 0 heterocycles. The van der Waals surface area contributed by atoms with Gasteiger partial charge in [0, 0.05) is 5.56 Å². The molecule has 6 heteroatoms. The Balaban J connectivity index is 3.24. The molecule has 0 amide bonds. The molecule has 14 heavy (non-hydrogen) atoms. The Morgan fingerprint density at radius 2 is 1.93 bits per heavy atom. The number of halogens is 1. The number of aliphatic carboxylic acids is 1. The molecule has 0 radical (unpaired) electrons. The zero-order valence-corrected chi connectivity index (χ0v) is 8.52. The minimum absolute atomic E-state index is 0.0294. The molecule has 1 unspecified atom stereocenters. The Hall–Kier alpha value is -1.27. The van der Waals surface area contributed by atoms with Crippen LogP contribution >= 0.6 is 15.9 Å². The fourth-order valence-electron chi connectivity index (χ4n) is 0.955. The average molecular weight is 262 g/mol. The summed E-state index contributed by atoms with van der Waals surface area (Å²) in [7, 11) is 0. The van der Waals surface area contributed by atoms with Gasteiger partial charge in [0.15, 0.2) is 11.5 Å². The molecule has 1 aromatic rings. The van der Waals surface area contributed by atoms with Crippen molar-refractivity contribution in [1.29, 1.82) is 0 Å². The van der Waals surface area contributed by atoms with E-state index in [-0.39, 0.29) is 10.0 Å². The van der Waals surface area contributed by atoms with Gasteiger partial charge in [-0.25, -0.2) is 0 Å². The van der Waals surface area contributed by atoms with E-state index in [4.69, 9.17) is 10.8 Å². The SMILES string of the molecule is NC(C(=O)O)c1ccc(Br)c(O)c1O. The Labute approximate surface area is 87.9 Å². The third-order valence-corrected chi connectivity index (χ3v) is 2.37. The molecule has 0 saturated carbocycles. The fourth-order valence-corrected chi connectivity index (χ4v) is 1.27. The van der Waals surface area contributed by atoms with Gasteiger partial charge in [-0.1, -0.05) is 6.07 Å². The van der Waals surface area contributed by atoms with Gasteiger partial charge in [-0.15, -0.1) is 0 Å². The van der Waals surface area contributed by atoms with Crippen LogP contribution in [0.2, 0.25) is 0 Å². The summed E-state index contributed by atoms with van der Waals surface area (Å²) in [4.78, 5) is 10.5. The lowest BCUT2D eigenvalue weighted by molar-refractivity contribution is -0.138. The van der Waals surface area contributed by atoms with Gasteiger partial charge in [0.25, 0.3) is 0 Å². The molecule has 0 aromatic heterocycles. The monoisotopic (exact) mass is 261 g/mol. The van der Waals surface area contributed by atoms with Gasteiger partial charge in [0.2, 0.25) is 0 Å². The standard InChI is InChI=1S/C8H8BrNO4/c9-4-2-1-3(5(10)8(13)14)6(11)7(4)12/h1-2,5,11-12H,10H2,(H,13,14). The second-order valence-corrected chi connectivity index (χ2v) is 3.50. The van der Waals surface area contributed by atoms with Crippen LogP contribution in [0.4, 0.5) is 0 Å². The van der Waals surface area contributed by atoms with E-state index in [9.17, 15) is 15.0 Å². The van der Waals surface area contributed by atoms with E-state index >= 15 is 0 Å². The minimum atomic E-state index is -1.35. The molecule has 1 rings (SSSR count). The summed E-state index contributed by atoms with van der Waals surface area (Å²) in [6.07, 6.45) is 0. The highest BCUT2D eigenvalue weighted by atomic mass is 79.9. The van der Waals surface area contributed by atoms with E-state index in [1.165, 1.54) is 12.1 Å². The molecule has 0 fully saturated rings. The summed E-state index contributed by atoms with van der Waals surface area (Å²) >= 11 is 2.97. The second kappa shape index (κ2) is 3.85. The van der Waals surface area contributed by atoms with Crippen molar-refractivity contribution >= 4 is 21.9 Å². The predicted octanol–water partition coefficient (Wildman–Crippen LogP) is 0.945. The van der Waals surface area contributed by atoms with Crippen molar-refractivity contribution in [2.75, 3.05) is 0 Å². The molecule has 0 aliphatic carbocycles. The van der Waals surface area contributed by atoms with Crippen molar-refractivity contribution < 1.29 is 20.1 Å². The Bertz CT molecular complexity index is 380. The number of hydrogen-bond donors (Lipinski definition) is 4. The molecule has 1 atom stereocenters. The van der Waals surface area contributed by atoms with Crippen LogP contribution in [0.5, 0.6) is 11.5 Å². The molecule has 0 aliphatic rings. The normalized spacial score (nSPS) is 12.4. The maximum absolute atomic E-state index is 10.5. The largest absolute Gasteiger partial charge is 0.504 e.